The molecule has 0 N–H and O–H groups in total. The lowest BCUT2D eigenvalue weighted by atomic mass is 9.65. The van der Waals surface area contributed by atoms with Gasteiger partial charge in [0.25, 0.3) is 5.91 Å². The molecule has 2 fully saturated rings. The number of halogens is 1. The summed E-state index contributed by atoms with van der Waals surface area (Å²) in [5.74, 6) is -0.244. The van der Waals surface area contributed by atoms with Crippen molar-refractivity contribution in [3.63, 3.8) is 0 Å². The predicted octanol–water partition coefficient (Wildman–Crippen LogP) is 3.87. The Labute approximate surface area is 120 Å². The lowest BCUT2D eigenvalue weighted by Gasteiger charge is -2.39. The number of hydrogen-bond donors (Lipinski definition) is 0. The normalized spacial score (nSPS) is 31.4. The molecule has 3 rings (SSSR count). The number of carbonyl (C=O) groups excluding carboxylic acids is 1. The van der Waals surface area contributed by atoms with E-state index in [1.54, 1.807) is 12.1 Å². The highest BCUT2D eigenvalue weighted by Gasteiger charge is 2.50. The van der Waals surface area contributed by atoms with E-state index >= 15 is 0 Å². The molecule has 1 heterocycles. The number of hydrogen-bond acceptors (Lipinski definition) is 1. The van der Waals surface area contributed by atoms with Gasteiger partial charge in [0.1, 0.15) is 5.82 Å². The number of amides is 1. The van der Waals surface area contributed by atoms with Crippen LogP contribution in [0.15, 0.2) is 24.3 Å². The Morgan fingerprint density at radius 3 is 2.50 bits per heavy atom. The van der Waals surface area contributed by atoms with Gasteiger partial charge in [0.05, 0.1) is 0 Å². The predicted molar refractivity (Wildman–Crippen MR) is 77.0 cm³/mol. The summed E-state index contributed by atoms with van der Waals surface area (Å²) in [6.07, 6.45) is 3.34. The van der Waals surface area contributed by atoms with Crippen LogP contribution in [0.3, 0.4) is 0 Å². The topological polar surface area (TPSA) is 20.3 Å². The van der Waals surface area contributed by atoms with Crippen LogP contribution in [-0.4, -0.2) is 23.4 Å². The first kappa shape index (κ1) is 13.6. The van der Waals surface area contributed by atoms with Gasteiger partial charge in [0.2, 0.25) is 0 Å². The molecular weight excluding hydrogens is 253 g/mol. The number of carbonyl (C=O) groups is 1. The molecule has 2 bridgehead atoms. The van der Waals surface area contributed by atoms with Crippen molar-refractivity contribution in [2.24, 2.45) is 10.8 Å². The largest absolute Gasteiger partial charge is 0.335 e. The molecule has 108 valence electrons. The highest BCUT2D eigenvalue weighted by molar-refractivity contribution is 5.94. The molecule has 1 aromatic rings. The zero-order valence-electron chi connectivity index (χ0n) is 12.4. The molecule has 1 saturated carbocycles. The Bertz CT molecular complexity index is 536. The Kier molecular flexibility index (Phi) is 2.93. The van der Waals surface area contributed by atoms with Gasteiger partial charge in [-0.2, -0.15) is 0 Å². The zero-order valence-corrected chi connectivity index (χ0v) is 12.4. The maximum Gasteiger partial charge on any atom is 0.254 e. The van der Waals surface area contributed by atoms with Gasteiger partial charge in [-0.05, 0) is 54.4 Å². The summed E-state index contributed by atoms with van der Waals surface area (Å²) in [7, 11) is 0. The SMILES string of the molecule is CC1(C)C[C@H]2C[C@](C)(CN2C(=O)c2ccc(F)cc2)C1. The smallest absolute Gasteiger partial charge is 0.254 e. The van der Waals surface area contributed by atoms with E-state index < -0.39 is 0 Å². The summed E-state index contributed by atoms with van der Waals surface area (Å²) in [5.41, 5.74) is 1.14. The molecule has 0 spiro atoms. The minimum Gasteiger partial charge on any atom is -0.335 e. The Hall–Kier alpha value is -1.38. The molecule has 1 saturated heterocycles. The van der Waals surface area contributed by atoms with E-state index in [9.17, 15) is 9.18 Å². The van der Waals surface area contributed by atoms with E-state index in [2.05, 4.69) is 20.8 Å². The van der Waals surface area contributed by atoms with Crippen molar-refractivity contribution in [3.8, 4) is 0 Å². The molecule has 0 unspecified atom stereocenters. The third kappa shape index (κ3) is 2.34. The van der Waals surface area contributed by atoms with E-state index in [1.165, 1.54) is 18.6 Å². The Balaban J connectivity index is 1.85. The zero-order chi connectivity index (χ0) is 14.5. The molecule has 2 nitrogen and oxygen atoms in total. The van der Waals surface area contributed by atoms with Gasteiger partial charge >= 0.3 is 0 Å². The summed E-state index contributed by atoms with van der Waals surface area (Å²) in [4.78, 5) is 14.7. The fourth-order valence-corrected chi connectivity index (χ4v) is 4.46. The summed E-state index contributed by atoms with van der Waals surface area (Å²) >= 11 is 0. The van der Waals surface area contributed by atoms with Gasteiger partial charge in [0, 0.05) is 18.2 Å². The number of fused-ring (bicyclic) bond motifs is 2. The van der Waals surface area contributed by atoms with Crippen LogP contribution in [0.1, 0.15) is 50.4 Å². The van der Waals surface area contributed by atoms with Gasteiger partial charge in [-0.25, -0.2) is 4.39 Å². The van der Waals surface area contributed by atoms with Gasteiger partial charge in [-0.15, -0.1) is 0 Å². The van der Waals surface area contributed by atoms with Gasteiger partial charge in [0.15, 0.2) is 0 Å². The second kappa shape index (κ2) is 4.31. The summed E-state index contributed by atoms with van der Waals surface area (Å²) in [5, 5.41) is 0. The van der Waals surface area contributed by atoms with Gasteiger partial charge in [-0.3, -0.25) is 4.79 Å². The molecule has 0 radical (unpaired) electrons. The van der Waals surface area contributed by atoms with Crippen LogP contribution in [0.25, 0.3) is 0 Å². The fraction of sp³-hybridized carbons (Fsp3) is 0.588. The summed E-state index contributed by atoms with van der Waals surface area (Å²) in [6.45, 7) is 7.71. The van der Waals surface area contributed by atoms with Crippen molar-refractivity contribution < 1.29 is 9.18 Å². The molecule has 0 aromatic heterocycles. The molecule has 2 aliphatic rings. The monoisotopic (exact) mass is 275 g/mol. The van der Waals surface area contributed by atoms with Crippen molar-refractivity contribution in [2.45, 2.75) is 46.1 Å². The van der Waals surface area contributed by atoms with Crippen molar-refractivity contribution in [2.75, 3.05) is 6.54 Å². The molecule has 20 heavy (non-hydrogen) atoms. The summed E-state index contributed by atoms with van der Waals surface area (Å²) < 4.78 is 13.0. The third-order valence-electron chi connectivity index (χ3n) is 4.77. The number of benzene rings is 1. The molecule has 1 amide bonds. The lowest BCUT2D eigenvalue weighted by Crippen LogP contribution is -2.37. The van der Waals surface area contributed by atoms with E-state index in [0.29, 0.717) is 17.0 Å². The van der Waals surface area contributed by atoms with Crippen molar-refractivity contribution >= 4 is 5.91 Å². The standard InChI is InChI=1S/C17H22FNO/c1-16(2)8-14-9-17(3,10-16)11-19(14)15(20)12-4-6-13(18)7-5-12/h4-7,14H,8-11H2,1-3H3/t14-,17-/m0/s1. The number of rotatable bonds is 1. The van der Waals surface area contributed by atoms with Crippen LogP contribution >= 0.6 is 0 Å². The highest BCUT2D eigenvalue weighted by Crippen LogP contribution is 2.52. The molecule has 1 aliphatic carbocycles. The highest BCUT2D eigenvalue weighted by atomic mass is 19.1. The van der Waals surface area contributed by atoms with E-state index in [-0.39, 0.29) is 17.1 Å². The Morgan fingerprint density at radius 1 is 1.20 bits per heavy atom. The van der Waals surface area contributed by atoms with Crippen LogP contribution in [0.4, 0.5) is 4.39 Å². The molecule has 1 aromatic carbocycles. The molecule has 1 aliphatic heterocycles. The molecule has 2 atom stereocenters. The van der Waals surface area contributed by atoms with Crippen LogP contribution in [0.2, 0.25) is 0 Å². The first-order chi connectivity index (χ1) is 9.28. The van der Waals surface area contributed by atoms with Crippen molar-refractivity contribution in [1.82, 2.24) is 4.90 Å². The van der Waals surface area contributed by atoms with Gasteiger partial charge < -0.3 is 4.90 Å². The molecule has 3 heteroatoms. The lowest BCUT2D eigenvalue weighted by molar-refractivity contribution is 0.0708. The minimum atomic E-state index is -0.296. The van der Waals surface area contributed by atoms with Crippen LogP contribution in [0.5, 0.6) is 0 Å². The van der Waals surface area contributed by atoms with E-state index in [4.69, 9.17) is 0 Å². The van der Waals surface area contributed by atoms with Gasteiger partial charge in [-0.1, -0.05) is 20.8 Å². The summed E-state index contributed by atoms with van der Waals surface area (Å²) in [6, 6.07) is 6.24. The van der Waals surface area contributed by atoms with Crippen LogP contribution < -0.4 is 0 Å². The van der Waals surface area contributed by atoms with Crippen LogP contribution in [0, 0.1) is 16.6 Å². The van der Waals surface area contributed by atoms with Crippen LogP contribution in [-0.2, 0) is 0 Å². The quantitative estimate of drug-likeness (QED) is 0.762. The second-order valence-electron chi connectivity index (χ2n) is 7.65. The molecular formula is C17H22FNO. The first-order valence-electron chi connectivity index (χ1n) is 7.35. The van der Waals surface area contributed by atoms with Crippen molar-refractivity contribution in [3.05, 3.63) is 35.6 Å². The average molecular weight is 275 g/mol. The third-order valence-corrected chi connectivity index (χ3v) is 4.77. The maximum atomic E-state index is 13.0. The second-order valence-corrected chi connectivity index (χ2v) is 7.65. The number of likely N-dealkylation sites (tertiary alicyclic amines) is 1. The van der Waals surface area contributed by atoms with E-state index in [0.717, 1.165) is 19.4 Å². The van der Waals surface area contributed by atoms with E-state index in [1.807, 2.05) is 4.90 Å². The number of nitrogens with zero attached hydrogens (tertiary/aromatic N) is 1. The first-order valence-corrected chi connectivity index (χ1v) is 7.35. The average Bonchev–Trinajstić information content (AvgIpc) is 2.58. The maximum absolute atomic E-state index is 13.0. The minimum absolute atomic E-state index is 0.0522. The van der Waals surface area contributed by atoms with Crippen molar-refractivity contribution in [1.29, 1.82) is 0 Å². The fourth-order valence-electron chi connectivity index (χ4n) is 4.46. The Morgan fingerprint density at radius 2 is 1.85 bits per heavy atom.